The van der Waals surface area contributed by atoms with E-state index in [1.54, 1.807) is 4.90 Å². The summed E-state index contributed by atoms with van der Waals surface area (Å²) in [4.78, 5) is 59.6. The lowest BCUT2D eigenvalue weighted by molar-refractivity contribution is -0.190. The number of nitrogens with zero attached hydrogens (tertiary/aromatic N) is 1. The fraction of sp³-hybridized carbons (Fsp3) is 0.821. The Morgan fingerprint density at radius 2 is 0.976 bits per heavy atom. The van der Waals surface area contributed by atoms with E-state index in [0.717, 1.165) is 33.1 Å². The molecule has 0 aliphatic heterocycles. The van der Waals surface area contributed by atoms with Crippen LogP contribution in [0.3, 0.4) is 0 Å². The van der Waals surface area contributed by atoms with Crippen molar-refractivity contribution in [2.75, 3.05) is 59.3 Å². The smallest absolute Gasteiger partial charge is 0.351 e. The minimum atomic E-state index is -2.09. The number of aliphatic hydroxyl groups excluding tert-OH is 3. The van der Waals surface area contributed by atoms with Crippen molar-refractivity contribution in [2.24, 2.45) is 0 Å². The second-order valence-electron chi connectivity index (χ2n) is 9.11. The van der Waals surface area contributed by atoms with E-state index >= 15 is 0 Å². The highest BCUT2D eigenvalue weighted by Gasteiger charge is 2.48. The fourth-order valence-corrected chi connectivity index (χ4v) is 3.03. The topological polar surface area (TPSA) is 206 Å². The van der Waals surface area contributed by atoms with Crippen LogP contribution in [0.4, 0.5) is 0 Å². The fourth-order valence-electron chi connectivity index (χ4n) is 3.03. The molecule has 0 radical (unpaired) electrons. The molecule has 0 rings (SSSR count). The molecule has 4 N–H and O–H groups in total. The molecule has 0 unspecified atom stereocenters. The minimum absolute atomic E-state index is 0.0694. The number of carbonyl (C=O) groups is 5. The third-order valence-corrected chi connectivity index (χ3v) is 5.07. The Balaban J connectivity index is -0.000000893. The third-order valence-electron chi connectivity index (χ3n) is 5.07. The molecule has 42 heavy (non-hydrogen) atoms. The van der Waals surface area contributed by atoms with Crippen LogP contribution in [-0.2, 0) is 42.9 Å². The van der Waals surface area contributed by atoms with Crippen LogP contribution in [0.5, 0.6) is 0 Å². The Morgan fingerprint density at radius 3 is 1.26 bits per heavy atom. The number of esters is 4. The summed E-state index contributed by atoms with van der Waals surface area (Å²) in [6, 6.07) is 0. The lowest BCUT2D eigenvalue weighted by atomic mass is 9.95. The van der Waals surface area contributed by atoms with Crippen molar-refractivity contribution in [3.63, 3.8) is 0 Å². The Morgan fingerprint density at radius 1 is 0.643 bits per heavy atom. The van der Waals surface area contributed by atoms with Crippen molar-refractivity contribution >= 4 is 29.8 Å². The van der Waals surface area contributed by atoms with Gasteiger partial charge in [-0.25, -0.2) is 4.79 Å². The number of carboxylic acids is 1. The van der Waals surface area contributed by atoms with Gasteiger partial charge in [-0.1, -0.05) is 40.0 Å². The van der Waals surface area contributed by atoms with Gasteiger partial charge in [0.25, 0.3) is 5.97 Å². The first kappa shape index (κ1) is 43.6. The van der Waals surface area contributed by atoms with Crippen LogP contribution in [0.15, 0.2) is 0 Å². The molecular weight excluding hydrogens is 558 g/mol. The highest BCUT2D eigenvalue weighted by atomic mass is 16.6. The van der Waals surface area contributed by atoms with Crippen LogP contribution in [0.25, 0.3) is 0 Å². The molecule has 0 aromatic heterocycles. The number of hydrogen-bond donors (Lipinski definition) is 4. The van der Waals surface area contributed by atoms with E-state index in [1.807, 2.05) is 20.8 Å². The molecular formula is C28H53NO13. The van der Waals surface area contributed by atoms with Crippen molar-refractivity contribution in [2.45, 2.75) is 91.6 Å². The van der Waals surface area contributed by atoms with E-state index in [-0.39, 0.29) is 39.6 Å². The molecule has 0 bridgehead atoms. The van der Waals surface area contributed by atoms with Crippen molar-refractivity contribution in [3.8, 4) is 0 Å². The highest BCUT2D eigenvalue weighted by molar-refractivity contribution is 5.92. The van der Waals surface area contributed by atoms with Crippen molar-refractivity contribution < 1.29 is 63.3 Å². The second kappa shape index (κ2) is 29.7. The van der Waals surface area contributed by atoms with E-state index < -0.39 is 48.3 Å². The summed E-state index contributed by atoms with van der Waals surface area (Å²) in [6.45, 7) is 10.2. The average molecular weight is 612 g/mol. The van der Waals surface area contributed by atoms with Crippen LogP contribution in [-0.4, -0.2) is 120 Å². The largest absolute Gasteiger partial charge is 0.481 e. The van der Waals surface area contributed by atoms with E-state index in [4.69, 9.17) is 44.2 Å². The molecule has 14 heteroatoms. The van der Waals surface area contributed by atoms with E-state index in [9.17, 15) is 19.2 Å². The summed E-state index contributed by atoms with van der Waals surface area (Å²) in [5.41, 5.74) is -2.09. The number of hydrogen-bond acceptors (Lipinski definition) is 13. The van der Waals surface area contributed by atoms with Gasteiger partial charge < -0.3 is 39.4 Å². The van der Waals surface area contributed by atoms with Crippen LogP contribution in [0.2, 0.25) is 0 Å². The summed E-state index contributed by atoms with van der Waals surface area (Å²) in [6.07, 6.45) is 3.14. The molecule has 0 aromatic rings. The maximum absolute atomic E-state index is 12.7. The molecule has 0 atom stereocenters. The van der Waals surface area contributed by atoms with Gasteiger partial charge >= 0.3 is 23.9 Å². The molecule has 0 amide bonds. The van der Waals surface area contributed by atoms with E-state index in [0.29, 0.717) is 38.9 Å². The number of aliphatic hydroxyl groups is 3. The second-order valence-corrected chi connectivity index (χ2v) is 9.11. The number of rotatable bonds is 21. The Labute approximate surface area is 249 Å². The van der Waals surface area contributed by atoms with Crippen molar-refractivity contribution in [3.05, 3.63) is 0 Å². The third kappa shape index (κ3) is 27.4. The number of unbranched alkanes of at least 4 members (excludes halogenated alkanes) is 3. The minimum Gasteiger partial charge on any atom is -0.481 e. The van der Waals surface area contributed by atoms with Crippen LogP contribution in [0, 0.1) is 0 Å². The summed E-state index contributed by atoms with van der Waals surface area (Å²) in [5, 5.41) is 32.9. The summed E-state index contributed by atoms with van der Waals surface area (Å²) >= 11 is 0. The summed E-state index contributed by atoms with van der Waals surface area (Å²) < 4.78 is 20.5. The van der Waals surface area contributed by atoms with E-state index in [2.05, 4.69) is 0 Å². The van der Waals surface area contributed by atoms with Gasteiger partial charge in [0, 0.05) is 33.5 Å². The van der Waals surface area contributed by atoms with Crippen LogP contribution >= 0.6 is 0 Å². The van der Waals surface area contributed by atoms with Crippen LogP contribution < -0.4 is 0 Å². The van der Waals surface area contributed by atoms with Gasteiger partial charge in [0.2, 0.25) is 5.60 Å². The number of carboxylic acid groups (broad SMARTS) is 1. The van der Waals surface area contributed by atoms with Crippen LogP contribution in [0.1, 0.15) is 86.0 Å². The molecule has 0 heterocycles. The Bertz CT molecular complexity index is 688. The molecule has 0 aliphatic rings. The maximum Gasteiger partial charge on any atom is 0.351 e. The number of carbonyl (C=O) groups excluding carboxylic acids is 4. The molecule has 0 fully saturated rings. The number of ether oxygens (including phenoxy) is 4. The van der Waals surface area contributed by atoms with Gasteiger partial charge in [0.15, 0.2) is 0 Å². The van der Waals surface area contributed by atoms with Gasteiger partial charge in [0.05, 0.1) is 52.5 Å². The number of aliphatic carboxylic acids is 1. The van der Waals surface area contributed by atoms with Crippen molar-refractivity contribution in [1.82, 2.24) is 4.90 Å². The summed E-state index contributed by atoms with van der Waals surface area (Å²) in [7, 11) is 0. The molecule has 248 valence electrons. The first-order valence-electron chi connectivity index (χ1n) is 14.3. The normalized spacial score (nSPS) is 10.4. The highest BCUT2D eigenvalue weighted by Crippen LogP contribution is 2.26. The van der Waals surface area contributed by atoms with Gasteiger partial charge in [-0.15, -0.1) is 0 Å². The zero-order chi connectivity index (χ0) is 32.8. The molecule has 14 nitrogen and oxygen atoms in total. The van der Waals surface area contributed by atoms with Gasteiger partial charge in [0.1, 0.15) is 0 Å². The van der Waals surface area contributed by atoms with Gasteiger partial charge in [-0.3, -0.25) is 24.1 Å². The van der Waals surface area contributed by atoms with Gasteiger partial charge in [-0.2, -0.15) is 0 Å². The zero-order valence-electron chi connectivity index (χ0n) is 25.9. The Kier molecular flexibility index (Phi) is 30.8. The predicted octanol–water partition coefficient (Wildman–Crippen LogP) is 1.45. The quantitative estimate of drug-likeness (QED) is 0.0823. The molecule has 0 saturated heterocycles. The first-order chi connectivity index (χ1) is 19.9. The lowest BCUT2D eigenvalue weighted by Crippen LogP contribution is -2.48. The van der Waals surface area contributed by atoms with E-state index in [1.165, 1.54) is 0 Å². The SMILES string of the molecule is CC(=O)O.CCCCOC(=O)CC(CC(=O)OCCCC)(OC(C)=O)C(=O)OCCCC.OCCN(CCO)CCO. The lowest BCUT2D eigenvalue weighted by Gasteiger charge is -2.29. The molecule has 0 aliphatic carbocycles. The maximum atomic E-state index is 12.7. The predicted molar refractivity (Wildman–Crippen MR) is 152 cm³/mol. The summed E-state index contributed by atoms with van der Waals surface area (Å²) in [5.74, 6) is -4.09. The average Bonchev–Trinajstić information content (AvgIpc) is 2.89. The zero-order valence-corrected chi connectivity index (χ0v) is 25.9. The first-order valence-corrected chi connectivity index (χ1v) is 14.3. The van der Waals surface area contributed by atoms with Gasteiger partial charge in [-0.05, 0) is 19.3 Å². The molecule has 0 saturated carbocycles. The Hall–Kier alpha value is -2.81. The van der Waals surface area contributed by atoms with Crippen molar-refractivity contribution in [1.29, 1.82) is 0 Å². The standard InChI is InChI=1S/C20H34O8.C6H15NO3.C2H4O2/c1-5-8-11-25-17(22)14-20(28-16(4)21,19(24)27-13-10-7-3)15-18(23)26-12-9-6-2;8-4-1-7(2-5-9)3-6-10;1-2(3)4/h5-15H2,1-4H3;8-10H,1-6H2;1H3,(H,3,4). The molecule has 0 aromatic carbocycles. The molecule has 0 spiro atoms. The monoisotopic (exact) mass is 611 g/mol.